The number of likely N-dealkylation sites (tertiary alicyclic amines) is 1. The molecule has 1 amide bonds. The number of nitrogens with zero attached hydrogens (tertiary/aromatic N) is 3. The average molecular weight is 365 g/mol. The Kier molecular flexibility index (Phi) is 3.56. The summed E-state index contributed by atoms with van der Waals surface area (Å²) < 4.78 is 18.8. The van der Waals surface area contributed by atoms with Crippen molar-refractivity contribution >= 4 is 16.9 Å². The Labute approximate surface area is 153 Å². The number of H-pyrrole nitrogens is 2. The summed E-state index contributed by atoms with van der Waals surface area (Å²) in [6, 6.07) is 9.50. The van der Waals surface area contributed by atoms with Crippen molar-refractivity contribution in [2.75, 3.05) is 6.54 Å². The summed E-state index contributed by atoms with van der Waals surface area (Å²) in [6.45, 7) is 0.623. The van der Waals surface area contributed by atoms with Gasteiger partial charge in [0.2, 0.25) is 0 Å². The predicted molar refractivity (Wildman–Crippen MR) is 95.4 cm³/mol. The number of rotatable bonds is 3. The molecule has 2 N–H and O–H groups in total. The van der Waals surface area contributed by atoms with Gasteiger partial charge in [-0.25, -0.2) is 9.37 Å². The van der Waals surface area contributed by atoms with Crippen LogP contribution in [-0.4, -0.2) is 37.5 Å². The third kappa shape index (κ3) is 2.69. The Hall–Kier alpha value is -3.42. The molecule has 7 nitrogen and oxygen atoms in total. The minimum Gasteiger partial charge on any atom is -0.463 e. The highest BCUT2D eigenvalue weighted by Gasteiger charge is 2.33. The second-order valence-corrected chi connectivity index (χ2v) is 6.58. The molecule has 1 fully saturated rings. The van der Waals surface area contributed by atoms with E-state index in [1.165, 1.54) is 12.1 Å². The highest BCUT2D eigenvalue weighted by atomic mass is 19.1. The van der Waals surface area contributed by atoms with Crippen molar-refractivity contribution in [1.29, 1.82) is 0 Å². The van der Waals surface area contributed by atoms with E-state index in [1.807, 2.05) is 0 Å². The summed E-state index contributed by atoms with van der Waals surface area (Å²) >= 11 is 0. The van der Waals surface area contributed by atoms with Crippen molar-refractivity contribution < 1.29 is 13.6 Å². The number of hydrogen-bond acceptors (Lipinski definition) is 4. The minimum absolute atomic E-state index is 0.168. The lowest BCUT2D eigenvalue weighted by molar-refractivity contribution is 0.0724. The number of hydrogen-bond donors (Lipinski definition) is 2. The number of halogens is 1. The highest BCUT2D eigenvalue weighted by molar-refractivity contribution is 5.93. The van der Waals surface area contributed by atoms with Gasteiger partial charge in [0, 0.05) is 12.6 Å². The largest absolute Gasteiger partial charge is 0.463 e. The second-order valence-electron chi connectivity index (χ2n) is 6.58. The Bertz CT molecular complexity index is 1110. The van der Waals surface area contributed by atoms with E-state index in [4.69, 9.17) is 4.42 Å². The van der Waals surface area contributed by atoms with Crippen LogP contribution >= 0.6 is 0 Å². The molecule has 136 valence electrons. The zero-order chi connectivity index (χ0) is 18.4. The highest BCUT2D eigenvalue weighted by Crippen LogP contribution is 2.33. The fourth-order valence-corrected chi connectivity index (χ4v) is 3.59. The molecule has 0 spiro atoms. The van der Waals surface area contributed by atoms with E-state index in [1.54, 1.807) is 35.4 Å². The van der Waals surface area contributed by atoms with Crippen LogP contribution in [0.3, 0.4) is 0 Å². The molecule has 1 aromatic carbocycles. The summed E-state index contributed by atoms with van der Waals surface area (Å²) in [5.41, 5.74) is 2.29. The number of benzene rings is 1. The number of fused-ring (bicyclic) bond motifs is 1. The van der Waals surface area contributed by atoms with Gasteiger partial charge in [0.1, 0.15) is 17.3 Å². The zero-order valence-corrected chi connectivity index (χ0v) is 14.3. The standard InChI is InChI=1S/C19H16FN5O2/c20-11-5-6-12-13(9-11)22-18(21-12)16-3-1-7-25(16)19(26)15-10-14(23-24-15)17-4-2-8-27-17/h2,4-6,8-10,16H,1,3,7H2,(H,21,22)(H,23,24). The lowest BCUT2D eigenvalue weighted by Crippen LogP contribution is -2.31. The maximum absolute atomic E-state index is 13.4. The van der Waals surface area contributed by atoms with E-state index in [2.05, 4.69) is 20.2 Å². The summed E-state index contributed by atoms with van der Waals surface area (Å²) in [5, 5.41) is 6.98. The van der Waals surface area contributed by atoms with Crippen molar-refractivity contribution in [3.8, 4) is 11.5 Å². The molecule has 0 bridgehead atoms. The number of aromatic nitrogens is 4. The smallest absolute Gasteiger partial charge is 0.274 e. The first-order chi connectivity index (χ1) is 13.2. The van der Waals surface area contributed by atoms with E-state index in [0.29, 0.717) is 40.6 Å². The van der Waals surface area contributed by atoms with Gasteiger partial charge in [0.25, 0.3) is 5.91 Å². The normalized spacial score (nSPS) is 17.1. The zero-order valence-electron chi connectivity index (χ0n) is 14.3. The van der Waals surface area contributed by atoms with Crippen molar-refractivity contribution in [2.45, 2.75) is 18.9 Å². The number of nitrogens with one attached hydrogen (secondary N) is 2. The second kappa shape index (κ2) is 6.08. The average Bonchev–Trinajstić information content (AvgIpc) is 3.46. The maximum atomic E-state index is 13.4. The molecule has 4 heterocycles. The topological polar surface area (TPSA) is 90.8 Å². The van der Waals surface area contributed by atoms with Crippen molar-refractivity contribution in [3.05, 3.63) is 60.0 Å². The molecule has 1 aliphatic rings. The van der Waals surface area contributed by atoms with Crippen molar-refractivity contribution in [2.24, 2.45) is 0 Å². The molecular weight excluding hydrogens is 349 g/mol. The van der Waals surface area contributed by atoms with Crippen molar-refractivity contribution in [1.82, 2.24) is 25.1 Å². The molecule has 1 saturated heterocycles. The van der Waals surface area contributed by atoms with E-state index in [0.717, 1.165) is 12.8 Å². The van der Waals surface area contributed by atoms with Crippen LogP contribution in [0.2, 0.25) is 0 Å². The molecule has 0 aliphatic carbocycles. The fraction of sp³-hybridized carbons (Fsp3) is 0.211. The van der Waals surface area contributed by atoms with Gasteiger partial charge in [-0.2, -0.15) is 5.10 Å². The third-order valence-electron chi connectivity index (χ3n) is 4.88. The van der Waals surface area contributed by atoms with Crippen molar-refractivity contribution in [3.63, 3.8) is 0 Å². The van der Waals surface area contributed by atoms with Crippen LogP contribution in [0.4, 0.5) is 4.39 Å². The quantitative estimate of drug-likeness (QED) is 0.580. The molecule has 1 aliphatic heterocycles. The van der Waals surface area contributed by atoms with Crippen LogP contribution in [-0.2, 0) is 0 Å². The number of imidazole rings is 1. The first-order valence-electron chi connectivity index (χ1n) is 8.74. The van der Waals surface area contributed by atoms with Gasteiger partial charge in [-0.3, -0.25) is 9.89 Å². The van der Waals surface area contributed by atoms with E-state index in [-0.39, 0.29) is 17.8 Å². The van der Waals surface area contributed by atoms with Gasteiger partial charge in [-0.05, 0) is 43.2 Å². The molecule has 4 aromatic rings. The first-order valence-corrected chi connectivity index (χ1v) is 8.74. The summed E-state index contributed by atoms with van der Waals surface area (Å²) in [5.74, 6) is 0.805. The van der Waals surface area contributed by atoms with E-state index in [9.17, 15) is 9.18 Å². The van der Waals surface area contributed by atoms with Gasteiger partial charge >= 0.3 is 0 Å². The Balaban J connectivity index is 1.44. The molecular formula is C19H16FN5O2. The van der Waals surface area contributed by atoms with Crippen LogP contribution in [0.15, 0.2) is 47.1 Å². The lowest BCUT2D eigenvalue weighted by atomic mass is 10.2. The van der Waals surface area contributed by atoms with Crippen LogP contribution in [0.25, 0.3) is 22.5 Å². The van der Waals surface area contributed by atoms with E-state index < -0.39 is 0 Å². The van der Waals surface area contributed by atoms with Crippen LogP contribution in [0.1, 0.15) is 35.2 Å². The first kappa shape index (κ1) is 15.8. The fourth-order valence-electron chi connectivity index (χ4n) is 3.59. The number of carbonyl (C=O) groups excluding carboxylic acids is 1. The molecule has 5 rings (SSSR count). The number of aromatic amines is 2. The van der Waals surface area contributed by atoms with Gasteiger partial charge in [-0.1, -0.05) is 0 Å². The Morgan fingerprint density at radius 3 is 3.07 bits per heavy atom. The Morgan fingerprint density at radius 2 is 2.22 bits per heavy atom. The van der Waals surface area contributed by atoms with Gasteiger partial charge in [0.05, 0.1) is 23.3 Å². The van der Waals surface area contributed by atoms with Gasteiger partial charge in [0.15, 0.2) is 11.5 Å². The number of carbonyl (C=O) groups is 1. The molecule has 1 unspecified atom stereocenters. The van der Waals surface area contributed by atoms with Gasteiger partial charge < -0.3 is 14.3 Å². The predicted octanol–water partition coefficient (Wildman–Crippen LogP) is 3.66. The molecule has 27 heavy (non-hydrogen) atoms. The summed E-state index contributed by atoms with van der Waals surface area (Å²) in [4.78, 5) is 22.5. The monoisotopic (exact) mass is 365 g/mol. The number of furan rings is 1. The number of amides is 1. The summed E-state index contributed by atoms with van der Waals surface area (Å²) in [6.07, 6.45) is 3.24. The molecule has 8 heteroatoms. The molecule has 1 atom stereocenters. The van der Waals surface area contributed by atoms with Crippen LogP contribution < -0.4 is 0 Å². The van der Waals surface area contributed by atoms with Gasteiger partial charge in [-0.15, -0.1) is 0 Å². The molecule has 0 radical (unpaired) electrons. The Morgan fingerprint density at radius 1 is 1.30 bits per heavy atom. The van der Waals surface area contributed by atoms with E-state index >= 15 is 0 Å². The molecule has 3 aromatic heterocycles. The van der Waals surface area contributed by atoms with Crippen LogP contribution in [0.5, 0.6) is 0 Å². The minimum atomic E-state index is -0.320. The third-order valence-corrected chi connectivity index (χ3v) is 4.88. The lowest BCUT2D eigenvalue weighted by Gasteiger charge is -2.22. The maximum Gasteiger partial charge on any atom is 0.274 e. The summed E-state index contributed by atoms with van der Waals surface area (Å²) in [7, 11) is 0. The molecule has 0 saturated carbocycles. The SMILES string of the molecule is O=C(c1cc(-c2ccco2)[nH]n1)N1CCCC1c1nc2ccc(F)cc2[nH]1. The van der Waals surface area contributed by atoms with Crippen LogP contribution in [0, 0.1) is 5.82 Å².